The van der Waals surface area contributed by atoms with Crippen molar-refractivity contribution in [1.82, 2.24) is 5.32 Å². The van der Waals surface area contributed by atoms with E-state index in [1.165, 1.54) is 6.08 Å². The van der Waals surface area contributed by atoms with E-state index < -0.39 is 11.9 Å². The van der Waals surface area contributed by atoms with Gasteiger partial charge in [-0.25, -0.2) is 4.79 Å². The quantitative estimate of drug-likeness (QED) is 0.0615. The lowest BCUT2D eigenvalue weighted by molar-refractivity contribution is -0.156. The molecule has 0 rings (SSSR count). The van der Waals surface area contributed by atoms with Gasteiger partial charge in [0.25, 0.3) is 0 Å². The summed E-state index contributed by atoms with van der Waals surface area (Å²) in [5.41, 5.74) is 0. The molecule has 0 aromatic heterocycles. The van der Waals surface area contributed by atoms with Gasteiger partial charge in [-0.3, -0.25) is 9.59 Å². The third kappa shape index (κ3) is 35.2. The Bertz CT molecular complexity index is 770. The fourth-order valence-corrected chi connectivity index (χ4v) is 3.02. The largest absolute Gasteiger partial charge is 0.390 e. The van der Waals surface area contributed by atoms with Crippen molar-refractivity contribution < 1.29 is 19.1 Å². The number of carbonyl (C=O) groups is 3. The minimum Gasteiger partial charge on any atom is -0.390 e. The molecule has 0 unspecified atom stereocenters. The van der Waals surface area contributed by atoms with E-state index in [1.54, 1.807) is 19.9 Å². The van der Waals surface area contributed by atoms with Crippen molar-refractivity contribution in [3.05, 3.63) is 72.9 Å². The number of nitrogens with one attached hydrogen (secondary N) is 1. The molecule has 0 aliphatic rings. The third-order valence-electron chi connectivity index (χ3n) is 4.97. The highest BCUT2D eigenvalue weighted by atomic mass is 16.6. The summed E-state index contributed by atoms with van der Waals surface area (Å²) in [6.45, 7) is 13.7. The fraction of sp³-hybridized carbons (Fsp3) is 0.559. The first kappa shape index (κ1) is 40.7. The predicted octanol–water partition coefficient (Wildman–Crippen LogP) is 8.79. The number of allylic oxidation sites excluding steroid dienone is 11. The maximum atomic E-state index is 11.4. The highest BCUT2D eigenvalue weighted by Gasteiger charge is 2.12. The van der Waals surface area contributed by atoms with Gasteiger partial charge >= 0.3 is 11.9 Å². The Morgan fingerprint density at radius 1 is 0.795 bits per heavy atom. The van der Waals surface area contributed by atoms with Gasteiger partial charge in [-0.2, -0.15) is 0 Å². The van der Waals surface area contributed by atoms with Crippen LogP contribution in [-0.2, 0) is 19.1 Å². The Morgan fingerprint density at radius 2 is 1.26 bits per heavy atom. The lowest BCUT2D eigenvalue weighted by atomic mass is 10.0. The lowest BCUT2D eigenvalue weighted by Crippen LogP contribution is -2.33. The van der Waals surface area contributed by atoms with E-state index in [0.717, 1.165) is 44.9 Å². The SMILES string of the molecule is C/C=C/C(=O)OC(=O)CCC/C=C\C/C=C\C/C=C\C/C=C\C/C=C\CC.CC.CN[C@@H](CC(C)C)C(C)=O. The van der Waals surface area contributed by atoms with Crippen molar-refractivity contribution in [2.24, 2.45) is 5.92 Å². The minimum atomic E-state index is -0.600. The molecule has 0 fully saturated rings. The molecule has 39 heavy (non-hydrogen) atoms. The van der Waals surface area contributed by atoms with Crippen molar-refractivity contribution in [2.75, 3.05) is 7.05 Å². The van der Waals surface area contributed by atoms with Gasteiger partial charge in [-0.15, -0.1) is 0 Å². The topological polar surface area (TPSA) is 72.5 Å². The van der Waals surface area contributed by atoms with Crippen LogP contribution in [0, 0.1) is 5.92 Å². The Kier molecular flexibility index (Phi) is 34.7. The molecular weight excluding hydrogens is 486 g/mol. The van der Waals surface area contributed by atoms with Crippen LogP contribution >= 0.6 is 0 Å². The number of carbonyl (C=O) groups excluding carboxylic acids is 3. The van der Waals surface area contributed by atoms with Crippen LogP contribution in [0.2, 0.25) is 0 Å². The van der Waals surface area contributed by atoms with Gasteiger partial charge in [0, 0.05) is 12.5 Å². The Labute approximate surface area is 240 Å². The minimum absolute atomic E-state index is 0.0556. The van der Waals surface area contributed by atoms with Crippen molar-refractivity contribution in [1.29, 1.82) is 0 Å². The van der Waals surface area contributed by atoms with Crippen LogP contribution in [0.4, 0.5) is 0 Å². The second kappa shape index (κ2) is 33.2. The molecule has 1 atom stereocenters. The smallest absolute Gasteiger partial charge is 0.338 e. The van der Waals surface area contributed by atoms with Gasteiger partial charge in [-0.1, -0.05) is 101 Å². The van der Waals surface area contributed by atoms with Crippen molar-refractivity contribution in [3.8, 4) is 0 Å². The van der Waals surface area contributed by atoms with Gasteiger partial charge in [0.15, 0.2) is 0 Å². The number of ketones is 1. The molecule has 0 radical (unpaired) electrons. The number of hydrogen-bond acceptors (Lipinski definition) is 5. The van der Waals surface area contributed by atoms with Gasteiger partial charge in [0.05, 0.1) is 6.04 Å². The number of unbranched alkanes of at least 4 members (excludes halogenated alkanes) is 1. The summed E-state index contributed by atoms with van der Waals surface area (Å²) in [6.07, 6.45) is 32.0. The number of likely N-dealkylation sites (N-methyl/N-ethyl adjacent to an activating group) is 1. The molecule has 5 nitrogen and oxygen atoms in total. The van der Waals surface area contributed by atoms with Crippen molar-refractivity contribution in [2.45, 2.75) is 112 Å². The summed E-state index contributed by atoms with van der Waals surface area (Å²) >= 11 is 0. The van der Waals surface area contributed by atoms with Crippen molar-refractivity contribution >= 4 is 17.7 Å². The average molecular weight is 544 g/mol. The van der Waals surface area contributed by atoms with Gasteiger partial charge < -0.3 is 10.1 Å². The van der Waals surface area contributed by atoms with Gasteiger partial charge in [0.2, 0.25) is 0 Å². The van der Waals surface area contributed by atoms with E-state index in [9.17, 15) is 14.4 Å². The number of esters is 2. The molecule has 0 bridgehead atoms. The average Bonchev–Trinajstić information content (AvgIpc) is 2.90. The van der Waals surface area contributed by atoms with Crippen LogP contribution in [0.1, 0.15) is 106 Å². The van der Waals surface area contributed by atoms with E-state index in [2.05, 4.69) is 91.6 Å². The van der Waals surface area contributed by atoms with Gasteiger partial charge in [-0.05, 0) is 78.2 Å². The molecular formula is C34H57NO4. The summed E-state index contributed by atoms with van der Waals surface area (Å²) in [4.78, 5) is 33.3. The van der Waals surface area contributed by atoms with Crippen LogP contribution in [0.25, 0.3) is 0 Å². The maximum absolute atomic E-state index is 11.4. The van der Waals surface area contributed by atoms with Gasteiger partial charge in [0.1, 0.15) is 5.78 Å². The first-order chi connectivity index (χ1) is 18.8. The molecule has 222 valence electrons. The van der Waals surface area contributed by atoms with E-state index in [4.69, 9.17) is 0 Å². The summed E-state index contributed by atoms with van der Waals surface area (Å²) in [7, 11) is 1.83. The molecule has 0 amide bonds. The zero-order valence-corrected chi connectivity index (χ0v) is 26.1. The maximum Gasteiger partial charge on any atom is 0.338 e. The van der Waals surface area contributed by atoms with Crippen LogP contribution in [0.15, 0.2) is 72.9 Å². The molecule has 0 aromatic carbocycles. The van der Waals surface area contributed by atoms with E-state index in [1.807, 2.05) is 20.9 Å². The van der Waals surface area contributed by atoms with E-state index in [0.29, 0.717) is 12.3 Å². The molecule has 0 saturated carbocycles. The highest BCUT2D eigenvalue weighted by Crippen LogP contribution is 2.04. The van der Waals surface area contributed by atoms with Crippen LogP contribution in [-0.4, -0.2) is 30.8 Å². The molecule has 0 aliphatic heterocycles. The zero-order chi connectivity index (χ0) is 30.2. The number of Topliss-reactive ketones (excluding diaryl/α,β-unsaturated/α-hetero) is 1. The molecule has 0 aliphatic carbocycles. The molecule has 1 N–H and O–H groups in total. The van der Waals surface area contributed by atoms with Crippen molar-refractivity contribution in [3.63, 3.8) is 0 Å². The van der Waals surface area contributed by atoms with Crippen LogP contribution < -0.4 is 5.32 Å². The number of ether oxygens (including phenoxy) is 1. The van der Waals surface area contributed by atoms with Crippen LogP contribution in [0.5, 0.6) is 0 Å². The Hall–Kier alpha value is -2.79. The second-order valence-electron chi connectivity index (χ2n) is 8.97. The first-order valence-corrected chi connectivity index (χ1v) is 14.6. The summed E-state index contributed by atoms with van der Waals surface area (Å²) < 4.78 is 4.61. The molecule has 0 saturated heterocycles. The lowest BCUT2D eigenvalue weighted by Gasteiger charge is -2.14. The molecule has 0 heterocycles. The third-order valence-corrected chi connectivity index (χ3v) is 4.97. The van der Waals surface area contributed by atoms with E-state index >= 15 is 0 Å². The number of hydrogen-bond donors (Lipinski definition) is 1. The monoisotopic (exact) mass is 543 g/mol. The summed E-state index contributed by atoms with van der Waals surface area (Å²) in [5.74, 6) is -0.250. The normalized spacial score (nSPS) is 12.4. The predicted molar refractivity (Wildman–Crippen MR) is 169 cm³/mol. The highest BCUT2D eigenvalue weighted by molar-refractivity contribution is 5.91. The zero-order valence-electron chi connectivity index (χ0n) is 26.1. The van der Waals surface area contributed by atoms with Crippen LogP contribution in [0.3, 0.4) is 0 Å². The van der Waals surface area contributed by atoms with E-state index in [-0.39, 0.29) is 18.2 Å². The number of rotatable bonds is 18. The molecule has 0 aromatic rings. The molecule has 5 heteroatoms. The Balaban J connectivity index is -0.000000901. The Morgan fingerprint density at radius 3 is 1.62 bits per heavy atom. The summed E-state index contributed by atoms with van der Waals surface area (Å²) in [6, 6.07) is 0.0556. The summed E-state index contributed by atoms with van der Waals surface area (Å²) in [5, 5.41) is 2.98. The standard InChI is InChI=1S/C24H34O3.C8H17NO.C2H6/c1-3-5-6-7-8-9-10-11-12-13-14-15-16-17-18-19-20-22-24(26)27-23(25)21-4-2;1-6(2)5-8(9-4)7(3)10;1-2/h4-6,8-9,11-12,14-15,17-18,21H,3,7,10,13,16,19-20,22H2,1-2H3;6,8-9H,5H2,1-4H3;1-2H3/b6-5-,9-8-,12-11-,15-14-,18-17-,21-4+;;/t;8-;/m.0./s1. The second-order valence-corrected chi connectivity index (χ2v) is 8.97. The first-order valence-electron chi connectivity index (χ1n) is 14.6. The fourth-order valence-electron chi connectivity index (χ4n) is 3.02. The molecule has 0 spiro atoms.